The molecular formula is C20H23N7O2. The summed E-state index contributed by atoms with van der Waals surface area (Å²) in [5.41, 5.74) is 4.76. The maximum absolute atomic E-state index is 11.1. The van der Waals surface area contributed by atoms with E-state index in [1.807, 2.05) is 35.9 Å². The molecule has 2 aromatic heterocycles. The Morgan fingerprint density at radius 3 is 2.62 bits per heavy atom. The van der Waals surface area contributed by atoms with Crippen LogP contribution in [0.5, 0.6) is 0 Å². The van der Waals surface area contributed by atoms with Crippen molar-refractivity contribution in [2.45, 2.75) is 19.3 Å². The van der Waals surface area contributed by atoms with Gasteiger partial charge >= 0.3 is 0 Å². The van der Waals surface area contributed by atoms with Crippen molar-refractivity contribution in [3.63, 3.8) is 0 Å². The summed E-state index contributed by atoms with van der Waals surface area (Å²) in [4.78, 5) is 27.3. The van der Waals surface area contributed by atoms with E-state index in [2.05, 4.69) is 15.2 Å². The van der Waals surface area contributed by atoms with Gasteiger partial charge in [-0.15, -0.1) is 0 Å². The maximum Gasteiger partial charge on any atom is 0.267 e. The smallest absolute Gasteiger partial charge is 0.267 e. The number of carbonyl (C=O) groups is 1. The van der Waals surface area contributed by atoms with Gasteiger partial charge in [-0.3, -0.25) is 10.0 Å². The van der Waals surface area contributed by atoms with Gasteiger partial charge in [-0.05, 0) is 43.0 Å². The largest absolute Gasteiger partial charge is 0.341 e. The fraction of sp³-hybridized carbons (Fsp3) is 0.300. The lowest BCUT2D eigenvalue weighted by atomic mass is 10.1. The highest BCUT2D eigenvalue weighted by Gasteiger charge is 2.18. The monoisotopic (exact) mass is 393 g/mol. The molecule has 3 N–H and O–H groups in total. The molecule has 1 aliphatic heterocycles. The molecule has 1 aliphatic rings. The molecule has 1 aromatic carbocycles. The highest BCUT2D eigenvalue weighted by Crippen LogP contribution is 2.26. The van der Waals surface area contributed by atoms with Crippen molar-refractivity contribution in [2.24, 2.45) is 7.05 Å². The van der Waals surface area contributed by atoms with E-state index in [9.17, 15) is 4.79 Å². The van der Waals surface area contributed by atoms with Gasteiger partial charge in [0.1, 0.15) is 0 Å². The molecular weight excluding hydrogens is 370 g/mol. The van der Waals surface area contributed by atoms with Crippen molar-refractivity contribution in [3.8, 4) is 0 Å². The predicted molar refractivity (Wildman–Crippen MR) is 111 cm³/mol. The number of nitrogens with one attached hydrogen (secondary N) is 2. The molecule has 0 radical (unpaired) electrons. The number of anilines is 3. The van der Waals surface area contributed by atoms with Crippen LogP contribution in [0.2, 0.25) is 0 Å². The molecule has 0 bridgehead atoms. The topological polar surface area (TPSA) is 108 Å². The van der Waals surface area contributed by atoms with Crippen LogP contribution in [0.3, 0.4) is 0 Å². The van der Waals surface area contributed by atoms with E-state index in [0.717, 1.165) is 54.3 Å². The third kappa shape index (κ3) is 4.19. The molecule has 0 spiro atoms. The number of carbonyl (C=O) groups excluding carboxylic acids is 1. The molecule has 0 aliphatic carbocycles. The minimum atomic E-state index is -0.573. The summed E-state index contributed by atoms with van der Waals surface area (Å²) < 4.78 is 1.90. The van der Waals surface area contributed by atoms with Gasteiger partial charge < -0.3 is 14.8 Å². The minimum absolute atomic E-state index is 0.573. The van der Waals surface area contributed by atoms with Crippen LogP contribution in [0, 0.1) is 0 Å². The van der Waals surface area contributed by atoms with Gasteiger partial charge in [0.2, 0.25) is 5.95 Å². The van der Waals surface area contributed by atoms with Crippen LogP contribution in [0.4, 0.5) is 17.5 Å². The average molecular weight is 393 g/mol. The standard InChI is InChI=1S/C20H23N7O2/c1-26-13-21-17-18(23-20(24-19(17)26)27-11-3-2-4-12-27)22-15-8-5-14(6-9-15)7-10-16(28)25-29/h5-10,13,29H,2-4,11-12H2,1H3,(H,25,28)(H,22,23,24)/b10-7+. The summed E-state index contributed by atoms with van der Waals surface area (Å²) in [5.74, 6) is 0.813. The number of nitrogens with zero attached hydrogens (tertiary/aromatic N) is 5. The fourth-order valence-electron chi connectivity index (χ4n) is 3.34. The number of hydrogen-bond donors (Lipinski definition) is 3. The van der Waals surface area contributed by atoms with Crippen LogP contribution >= 0.6 is 0 Å². The summed E-state index contributed by atoms with van der Waals surface area (Å²) in [6, 6.07) is 7.53. The predicted octanol–water partition coefficient (Wildman–Crippen LogP) is 2.62. The van der Waals surface area contributed by atoms with Crippen LogP contribution in [0.15, 0.2) is 36.7 Å². The first-order chi connectivity index (χ1) is 14.1. The van der Waals surface area contributed by atoms with Crippen molar-refractivity contribution >= 4 is 40.6 Å². The molecule has 4 rings (SSSR count). The molecule has 9 nitrogen and oxygen atoms in total. The summed E-state index contributed by atoms with van der Waals surface area (Å²) >= 11 is 0. The van der Waals surface area contributed by atoms with Gasteiger partial charge in [0.15, 0.2) is 17.0 Å². The number of aryl methyl sites for hydroxylation is 1. The number of imidazole rings is 1. The third-order valence-corrected chi connectivity index (χ3v) is 4.90. The number of piperidine rings is 1. The molecule has 1 amide bonds. The SMILES string of the molecule is Cn1cnc2c(Nc3ccc(/C=C/C(=O)NO)cc3)nc(N3CCCCC3)nc21. The van der Waals surface area contributed by atoms with E-state index in [0.29, 0.717) is 5.82 Å². The fourth-order valence-corrected chi connectivity index (χ4v) is 3.34. The molecule has 1 saturated heterocycles. The zero-order chi connectivity index (χ0) is 20.2. The van der Waals surface area contributed by atoms with Crippen molar-refractivity contribution in [1.82, 2.24) is 25.0 Å². The van der Waals surface area contributed by atoms with Gasteiger partial charge in [-0.25, -0.2) is 10.5 Å². The Hall–Kier alpha value is -3.46. The maximum atomic E-state index is 11.1. The molecule has 0 saturated carbocycles. The van der Waals surface area contributed by atoms with Gasteiger partial charge in [0, 0.05) is 31.9 Å². The molecule has 29 heavy (non-hydrogen) atoms. The van der Waals surface area contributed by atoms with E-state index in [-0.39, 0.29) is 0 Å². The second-order valence-corrected chi connectivity index (χ2v) is 7.00. The van der Waals surface area contributed by atoms with Gasteiger partial charge in [0.05, 0.1) is 6.33 Å². The first-order valence-corrected chi connectivity index (χ1v) is 9.57. The molecule has 0 unspecified atom stereocenters. The Bertz CT molecular complexity index is 1040. The van der Waals surface area contributed by atoms with Crippen LogP contribution in [-0.4, -0.2) is 43.7 Å². The molecule has 3 heterocycles. The normalized spacial score (nSPS) is 14.5. The minimum Gasteiger partial charge on any atom is -0.341 e. The number of fused-ring (bicyclic) bond motifs is 1. The number of hydrogen-bond acceptors (Lipinski definition) is 7. The van der Waals surface area contributed by atoms with Crippen LogP contribution < -0.4 is 15.7 Å². The van der Waals surface area contributed by atoms with Crippen molar-refractivity contribution in [1.29, 1.82) is 0 Å². The number of benzene rings is 1. The summed E-state index contributed by atoms with van der Waals surface area (Å²) in [6.45, 7) is 1.93. The second kappa shape index (κ2) is 8.27. The first kappa shape index (κ1) is 18.9. The lowest BCUT2D eigenvalue weighted by Crippen LogP contribution is -2.31. The summed E-state index contributed by atoms with van der Waals surface area (Å²) in [6.07, 6.45) is 8.17. The summed E-state index contributed by atoms with van der Waals surface area (Å²) in [5, 5.41) is 11.9. The number of rotatable bonds is 5. The molecule has 0 atom stereocenters. The van der Waals surface area contributed by atoms with E-state index in [4.69, 9.17) is 15.2 Å². The van der Waals surface area contributed by atoms with Gasteiger partial charge in [-0.2, -0.15) is 9.97 Å². The van der Waals surface area contributed by atoms with Crippen molar-refractivity contribution < 1.29 is 10.0 Å². The molecule has 3 aromatic rings. The highest BCUT2D eigenvalue weighted by molar-refractivity contribution is 5.91. The lowest BCUT2D eigenvalue weighted by molar-refractivity contribution is -0.124. The van der Waals surface area contributed by atoms with Crippen LogP contribution in [0.1, 0.15) is 24.8 Å². The highest BCUT2D eigenvalue weighted by atomic mass is 16.5. The Kier molecular flexibility index (Phi) is 5.39. The first-order valence-electron chi connectivity index (χ1n) is 9.57. The second-order valence-electron chi connectivity index (χ2n) is 7.00. The van der Waals surface area contributed by atoms with E-state index in [1.54, 1.807) is 17.9 Å². The molecule has 150 valence electrons. The quantitative estimate of drug-likeness (QED) is 0.347. The van der Waals surface area contributed by atoms with Crippen LogP contribution in [-0.2, 0) is 11.8 Å². The lowest BCUT2D eigenvalue weighted by Gasteiger charge is -2.27. The Morgan fingerprint density at radius 1 is 1.14 bits per heavy atom. The molecule has 1 fully saturated rings. The van der Waals surface area contributed by atoms with E-state index < -0.39 is 5.91 Å². The van der Waals surface area contributed by atoms with Crippen molar-refractivity contribution in [2.75, 3.05) is 23.3 Å². The Balaban J connectivity index is 1.61. The number of amides is 1. The Morgan fingerprint density at radius 2 is 1.90 bits per heavy atom. The van der Waals surface area contributed by atoms with E-state index in [1.165, 1.54) is 12.5 Å². The Labute approximate surface area is 168 Å². The van der Waals surface area contributed by atoms with Crippen molar-refractivity contribution in [3.05, 3.63) is 42.2 Å². The number of hydroxylamine groups is 1. The molecule has 9 heteroatoms. The third-order valence-electron chi connectivity index (χ3n) is 4.90. The van der Waals surface area contributed by atoms with E-state index >= 15 is 0 Å². The average Bonchev–Trinajstić information content (AvgIpc) is 3.14. The zero-order valence-electron chi connectivity index (χ0n) is 16.2. The number of aromatic nitrogens is 4. The van der Waals surface area contributed by atoms with Crippen LogP contribution in [0.25, 0.3) is 17.2 Å². The van der Waals surface area contributed by atoms with Gasteiger partial charge in [0.25, 0.3) is 5.91 Å². The summed E-state index contributed by atoms with van der Waals surface area (Å²) in [7, 11) is 1.93. The zero-order valence-corrected chi connectivity index (χ0v) is 16.2. The van der Waals surface area contributed by atoms with Gasteiger partial charge in [-0.1, -0.05) is 12.1 Å².